The minimum absolute atomic E-state index is 0.619. The molecule has 130 valence electrons. The Hall–Kier alpha value is -3.27. The predicted octanol–water partition coefficient (Wildman–Crippen LogP) is 4.77. The molecule has 0 spiro atoms. The molecule has 0 unspecified atom stereocenters. The number of hydrogen-bond acceptors (Lipinski definition) is 3. The van der Waals surface area contributed by atoms with Crippen LogP contribution < -0.4 is 9.47 Å². The maximum Gasteiger partial charge on any atom is 0.212 e. The van der Waals surface area contributed by atoms with Crippen molar-refractivity contribution in [2.24, 2.45) is 0 Å². The molecule has 4 heteroatoms. The molecule has 2 aromatic heterocycles. The summed E-state index contributed by atoms with van der Waals surface area (Å²) in [6.45, 7) is 0.779. The lowest BCUT2D eigenvalue weighted by atomic mass is 10.1. The van der Waals surface area contributed by atoms with Gasteiger partial charge in [0.1, 0.15) is 5.75 Å². The molecule has 0 radical (unpaired) electrons. The van der Waals surface area contributed by atoms with Gasteiger partial charge >= 0.3 is 0 Å². The molecule has 2 heterocycles. The molecule has 0 aliphatic heterocycles. The first-order valence-electron chi connectivity index (χ1n) is 8.49. The average Bonchev–Trinajstić information content (AvgIpc) is 3.07. The van der Waals surface area contributed by atoms with Crippen molar-refractivity contribution in [3.63, 3.8) is 0 Å². The minimum atomic E-state index is 0.619. The van der Waals surface area contributed by atoms with Crippen LogP contribution in [0.15, 0.2) is 73.1 Å². The van der Waals surface area contributed by atoms with E-state index in [0.717, 1.165) is 17.9 Å². The highest BCUT2D eigenvalue weighted by Crippen LogP contribution is 2.31. The highest BCUT2D eigenvalue weighted by atomic mass is 16.5. The van der Waals surface area contributed by atoms with Gasteiger partial charge in [0.05, 0.1) is 14.2 Å². The maximum atomic E-state index is 5.35. The molecule has 0 amide bonds. The Bertz CT molecular complexity index is 1040. The van der Waals surface area contributed by atoms with Crippen LogP contribution in [0.1, 0.15) is 5.56 Å². The molecule has 0 atom stereocenters. The number of rotatable bonds is 5. The first kappa shape index (κ1) is 16.2. The SMILES string of the molecule is COc1cccc(Cn2cc(-c3ccc(OC)nc3)c3ccccc32)c1. The standard InChI is InChI=1S/C22H20N2O2/c1-25-18-7-5-6-16(12-18)14-24-15-20(19-8-3-4-9-21(19)24)17-10-11-22(26-2)23-13-17/h3-13,15H,14H2,1-2H3. The third kappa shape index (κ3) is 3.02. The minimum Gasteiger partial charge on any atom is -0.497 e. The van der Waals surface area contributed by atoms with Crippen molar-refractivity contribution < 1.29 is 9.47 Å². The van der Waals surface area contributed by atoms with Gasteiger partial charge in [0.25, 0.3) is 0 Å². The second kappa shape index (κ2) is 6.92. The van der Waals surface area contributed by atoms with E-state index in [1.807, 2.05) is 30.5 Å². The summed E-state index contributed by atoms with van der Waals surface area (Å²) < 4.78 is 12.8. The smallest absolute Gasteiger partial charge is 0.212 e. The van der Waals surface area contributed by atoms with Crippen molar-refractivity contribution in [1.29, 1.82) is 0 Å². The molecule has 26 heavy (non-hydrogen) atoms. The summed E-state index contributed by atoms with van der Waals surface area (Å²) in [5.74, 6) is 1.49. The normalized spacial score (nSPS) is 10.8. The van der Waals surface area contributed by atoms with E-state index in [4.69, 9.17) is 9.47 Å². The van der Waals surface area contributed by atoms with Gasteiger partial charge in [-0.3, -0.25) is 0 Å². The fourth-order valence-corrected chi connectivity index (χ4v) is 3.24. The Balaban J connectivity index is 1.78. The van der Waals surface area contributed by atoms with E-state index in [-0.39, 0.29) is 0 Å². The molecule has 0 bridgehead atoms. The van der Waals surface area contributed by atoms with Crippen molar-refractivity contribution >= 4 is 10.9 Å². The number of nitrogens with zero attached hydrogens (tertiary/aromatic N) is 2. The quantitative estimate of drug-likeness (QED) is 0.523. The van der Waals surface area contributed by atoms with E-state index in [1.165, 1.54) is 22.0 Å². The second-order valence-corrected chi connectivity index (χ2v) is 6.13. The Kier molecular flexibility index (Phi) is 4.32. The van der Waals surface area contributed by atoms with Crippen molar-refractivity contribution in [2.75, 3.05) is 14.2 Å². The largest absolute Gasteiger partial charge is 0.497 e. The topological polar surface area (TPSA) is 36.3 Å². The second-order valence-electron chi connectivity index (χ2n) is 6.13. The molecule has 0 saturated carbocycles. The van der Waals surface area contributed by atoms with E-state index >= 15 is 0 Å². The van der Waals surface area contributed by atoms with Crippen LogP contribution in [-0.2, 0) is 6.54 Å². The molecule has 4 rings (SSSR count). The first-order chi connectivity index (χ1) is 12.8. The number of benzene rings is 2. The zero-order valence-electron chi connectivity index (χ0n) is 14.8. The maximum absolute atomic E-state index is 5.35. The van der Waals surface area contributed by atoms with Gasteiger partial charge in [-0.1, -0.05) is 30.3 Å². The van der Waals surface area contributed by atoms with E-state index in [0.29, 0.717) is 5.88 Å². The van der Waals surface area contributed by atoms with Crippen molar-refractivity contribution in [1.82, 2.24) is 9.55 Å². The Morgan fingerprint density at radius 2 is 1.81 bits per heavy atom. The molecule has 0 fully saturated rings. The molecule has 0 aliphatic carbocycles. The third-order valence-corrected chi connectivity index (χ3v) is 4.53. The zero-order valence-corrected chi connectivity index (χ0v) is 14.8. The van der Waals surface area contributed by atoms with Gasteiger partial charge in [0.2, 0.25) is 5.88 Å². The van der Waals surface area contributed by atoms with Crippen LogP contribution in [0.5, 0.6) is 11.6 Å². The molecular formula is C22H20N2O2. The number of fused-ring (bicyclic) bond motifs is 1. The Morgan fingerprint density at radius 3 is 2.58 bits per heavy atom. The molecular weight excluding hydrogens is 324 g/mol. The summed E-state index contributed by atoms with van der Waals surface area (Å²) in [5, 5.41) is 1.21. The van der Waals surface area contributed by atoms with E-state index < -0.39 is 0 Å². The number of aromatic nitrogens is 2. The fraction of sp³-hybridized carbons (Fsp3) is 0.136. The van der Waals surface area contributed by atoms with Gasteiger partial charge in [-0.15, -0.1) is 0 Å². The Morgan fingerprint density at radius 1 is 0.923 bits per heavy atom. The van der Waals surface area contributed by atoms with Crippen LogP contribution in [0.2, 0.25) is 0 Å². The lowest BCUT2D eigenvalue weighted by Gasteiger charge is -2.07. The third-order valence-electron chi connectivity index (χ3n) is 4.53. The van der Waals surface area contributed by atoms with Gasteiger partial charge in [0, 0.05) is 47.0 Å². The fourth-order valence-electron chi connectivity index (χ4n) is 3.24. The number of hydrogen-bond donors (Lipinski definition) is 0. The van der Waals surface area contributed by atoms with Crippen LogP contribution >= 0.6 is 0 Å². The summed E-state index contributed by atoms with van der Waals surface area (Å²) in [4.78, 5) is 4.35. The molecule has 2 aromatic carbocycles. The summed E-state index contributed by atoms with van der Waals surface area (Å²) >= 11 is 0. The molecule has 0 N–H and O–H groups in total. The summed E-state index contributed by atoms with van der Waals surface area (Å²) in [6, 6.07) is 20.5. The monoisotopic (exact) mass is 344 g/mol. The van der Waals surface area contributed by atoms with Gasteiger partial charge in [-0.2, -0.15) is 0 Å². The van der Waals surface area contributed by atoms with Crippen LogP contribution in [-0.4, -0.2) is 23.8 Å². The Labute approximate surface area is 152 Å². The summed E-state index contributed by atoms with van der Waals surface area (Å²) in [6.07, 6.45) is 4.05. The summed E-state index contributed by atoms with van der Waals surface area (Å²) in [7, 11) is 3.32. The van der Waals surface area contributed by atoms with Crippen LogP contribution in [0.25, 0.3) is 22.0 Å². The number of para-hydroxylation sites is 1. The van der Waals surface area contributed by atoms with Crippen LogP contribution in [0, 0.1) is 0 Å². The summed E-state index contributed by atoms with van der Waals surface area (Å²) in [5.41, 5.74) is 4.63. The van der Waals surface area contributed by atoms with Crippen molar-refractivity contribution in [3.05, 3.63) is 78.6 Å². The van der Waals surface area contributed by atoms with E-state index in [2.05, 4.69) is 52.1 Å². The van der Waals surface area contributed by atoms with Crippen LogP contribution in [0.3, 0.4) is 0 Å². The van der Waals surface area contributed by atoms with Crippen molar-refractivity contribution in [3.8, 4) is 22.8 Å². The molecule has 0 aliphatic rings. The molecule has 0 saturated heterocycles. The van der Waals surface area contributed by atoms with Gasteiger partial charge in [0.15, 0.2) is 0 Å². The van der Waals surface area contributed by atoms with Gasteiger partial charge in [-0.25, -0.2) is 4.98 Å². The van der Waals surface area contributed by atoms with Crippen molar-refractivity contribution in [2.45, 2.75) is 6.54 Å². The zero-order chi connectivity index (χ0) is 17.9. The number of methoxy groups -OCH3 is 2. The highest BCUT2D eigenvalue weighted by Gasteiger charge is 2.11. The predicted molar refractivity (Wildman–Crippen MR) is 104 cm³/mol. The van der Waals surface area contributed by atoms with Gasteiger partial charge < -0.3 is 14.0 Å². The van der Waals surface area contributed by atoms with Gasteiger partial charge in [-0.05, 0) is 29.8 Å². The van der Waals surface area contributed by atoms with E-state index in [1.54, 1.807) is 14.2 Å². The first-order valence-corrected chi connectivity index (χ1v) is 8.49. The average molecular weight is 344 g/mol. The van der Waals surface area contributed by atoms with Crippen LogP contribution in [0.4, 0.5) is 0 Å². The number of pyridine rings is 1. The lowest BCUT2D eigenvalue weighted by molar-refractivity contribution is 0.398. The highest BCUT2D eigenvalue weighted by molar-refractivity contribution is 5.96. The van der Waals surface area contributed by atoms with E-state index in [9.17, 15) is 0 Å². The number of ether oxygens (including phenoxy) is 2. The lowest BCUT2D eigenvalue weighted by Crippen LogP contribution is -1.98. The molecule has 4 aromatic rings. The molecule has 4 nitrogen and oxygen atoms in total.